The van der Waals surface area contributed by atoms with Crippen molar-refractivity contribution in [1.82, 2.24) is 5.32 Å². The molecule has 0 radical (unpaired) electrons. The molecule has 0 aliphatic heterocycles. The Bertz CT molecular complexity index is 292. The molecule has 0 saturated heterocycles. The summed E-state index contributed by atoms with van der Waals surface area (Å²) in [5.41, 5.74) is 1.33. The smallest absolute Gasteiger partial charge is 0.0671 e. The lowest BCUT2D eigenvalue weighted by molar-refractivity contribution is 0.0629. The predicted octanol–water partition coefficient (Wildman–Crippen LogP) is 4.18. The van der Waals surface area contributed by atoms with E-state index in [0.717, 1.165) is 19.7 Å². The highest BCUT2D eigenvalue weighted by molar-refractivity contribution is 5.85. The first-order chi connectivity index (χ1) is 8.83. The molecule has 1 atom stereocenters. The molecule has 0 saturated carbocycles. The van der Waals surface area contributed by atoms with Gasteiger partial charge in [-0.1, -0.05) is 56.5 Å². The summed E-state index contributed by atoms with van der Waals surface area (Å²) in [5.74, 6) is 0. The molecule has 0 spiro atoms. The number of nitrogens with one attached hydrogen (secondary N) is 1. The molecule has 0 aliphatic rings. The third-order valence-electron chi connectivity index (χ3n) is 3.00. The lowest BCUT2D eigenvalue weighted by Gasteiger charge is -2.14. The maximum Gasteiger partial charge on any atom is 0.0671 e. The van der Waals surface area contributed by atoms with Gasteiger partial charge in [0, 0.05) is 19.7 Å². The normalized spacial score (nSPS) is 11.9. The average molecular weight is 286 g/mol. The van der Waals surface area contributed by atoms with Crippen LogP contribution in [0.3, 0.4) is 0 Å². The molecule has 3 heteroatoms. The molecule has 1 N–H and O–H groups in total. The maximum atomic E-state index is 5.76. The number of unbranched alkanes of at least 4 members (excludes halogenated alkanes) is 3. The highest BCUT2D eigenvalue weighted by Gasteiger charge is 2.01. The molecule has 110 valence electrons. The minimum atomic E-state index is 0. The van der Waals surface area contributed by atoms with Crippen LogP contribution in [0, 0.1) is 0 Å². The van der Waals surface area contributed by atoms with Crippen LogP contribution in [0.15, 0.2) is 30.3 Å². The number of benzene rings is 1. The summed E-state index contributed by atoms with van der Waals surface area (Å²) in [7, 11) is 0. The Kier molecular flexibility index (Phi) is 12.1. The minimum absolute atomic E-state index is 0. The topological polar surface area (TPSA) is 21.3 Å². The minimum Gasteiger partial charge on any atom is -0.377 e. The Balaban J connectivity index is 0.00000324. The van der Waals surface area contributed by atoms with Crippen molar-refractivity contribution in [2.75, 3.05) is 13.2 Å². The van der Waals surface area contributed by atoms with Crippen molar-refractivity contribution in [2.45, 2.75) is 52.2 Å². The number of halogens is 1. The molecule has 1 aromatic carbocycles. The summed E-state index contributed by atoms with van der Waals surface area (Å²) in [5, 5.41) is 3.43. The molecule has 0 amide bonds. The molecule has 0 heterocycles. The number of hydrogen-bond donors (Lipinski definition) is 1. The van der Waals surface area contributed by atoms with Crippen molar-refractivity contribution < 1.29 is 4.74 Å². The molecule has 1 unspecified atom stereocenters. The Hall–Kier alpha value is -0.570. The highest BCUT2D eigenvalue weighted by Crippen LogP contribution is 2.01. The molecule has 0 aromatic heterocycles. The standard InChI is InChI=1S/C16H27NO.ClH/c1-3-4-5-9-12-18-15(2)13-17-14-16-10-7-6-8-11-16;/h6-8,10-11,15,17H,3-5,9,12-14H2,1-2H3;1H. The first-order valence-corrected chi connectivity index (χ1v) is 7.19. The number of hydrogen-bond acceptors (Lipinski definition) is 2. The SMILES string of the molecule is CCCCCCOC(C)CNCc1ccccc1.Cl. The second-order valence-corrected chi connectivity index (χ2v) is 4.86. The Morgan fingerprint density at radius 2 is 1.84 bits per heavy atom. The van der Waals surface area contributed by atoms with Gasteiger partial charge < -0.3 is 10.1 Å². The van der Waals surface area contributed by atoms with E-state index in [-0.39, 0.29) is 12.4 Å². The summed E-state index contributed by atoms with van der Waals surface area (Å²) < 4.78 is 5.76. The van der Waals surface area contributed by atoms with Gasteiger partial charge in [-0.05, 0) is 18.9 Å². The highest BCUT2D eigenvalue weighted by atomic mass is 35.5. The van der Waals surface area contributed by atoms with E-state index in [1.807, 2.05) is 6.07 Å². The maximum absolute atomic E-state index is 5.76. The van der Waals surface area contributed by atoms with Gasteiger partial charge in [-0.3, -0.25) is 0 Å². The van der Waals surface area contributed by atoms with Crippen LogP contribution in [0.25, 0.3) is 0 Å². The Morgan fingerprint density at radius 3 is 2.53 bits per heavy atom. The van der Waals surface area contributed by atoms with Crippen molar-refractivity contribution in [1.29, 1.82) is 0 Å². The van der Waals surface area contributed by atoms with E-state index >= 15 is 0 Å². The van der Waals surface area contributed by atoms with E-state index in [1.165, 1.54) is 31.2 Å². The first kappa shape index (κ1) is 18.4. The third kappa shape index (κ3) is 9.94. The van der Waals surface area contributed by atoms with Gasteiger partial charge in [0.1, 0.15) is 0 Å². The Morgan fingerprint density at radius 1 is 1.11 bits per heavy atom. The van der Waals surface area contributed by atoms with Crippen LogP contribution >= 0.6 is 12.4 Å². The van der Waals surface area contributed by atoms with Crippen LogP contribution in [0.2, 0.25) is 0 Å². The second-order valence-electron chi connectivity index (χ2n) is 4.86. The zero-order valence-electron chi connectivity index (χ0n) is 12.2. The van der Waals surface area contributed by atoms with Gasteiger partial charge in [0.05, 0.1) is 6.10 Å². The molecule has 1 aromatic rings. The molecule has 0 fully saturated rings. The molecule has 0 aliphatic carbocycles. The van der Waals surface area contributed by atoms with Gasteiger partial charge in [-0.15, -0.1) is 12.4 Å². The van der Waals surface area contributed by atoms with E-state index in [2.05, 4.69) is 43.4 Å². The fourth-order valence-corrected chi connectivity index (χ4v) is 1.89. The second kappa shape index (κ2) is 12.5. The molecular weight excluding hydrogens is 258 g/mol. The predicted molar refractivity (Wildman–Crippen MR) is 85.0 cm³/mol. The molecule has 2 nitrogen and oxygen atoms in total. The summed E-state index contributed by atoms with van der Waals surface area (Å²) in [6, 6.07) is 10.5. The van der Waals surface area contributed by atoms with Crippen molar-refractivity contribution in [3.8, 4) is 0 Å². The van der Waals surface area contributed by atoms with E-state index in [1.54, 1.807) is 0 Å². The van der Waals surface area contributed by atoms with E-state index in [4.69, 9.17) is 4.74 Å². The average Bonchev–Trinajstić information content (AvgIpc) is 2.40. The van der Waals surface area contributed by atoms with Gasteiger partial charge in [-0.25, -0.2) is 0 Å². The van der Waals surface area contributed by atoms with Gasteiger partial charge in [0.25, 0.3) is 0 Å². The summed E-state index contributed by atoms with van der Waals surface area (Å²) >= 11 is 0. The molecule has 0 bridgehead atoms. The zero-order chi connectivity index (χ0) is 13.1. The van der Waals surface area contributed by atoms with Crippen LogP contribution in [-0.4, -0.2) is 19.3 Å². The van der Waals surface area contributed by atoms with Crippen molar-refractivity contribution in [3.05, 3.63) is 35.9 Å². The summed E-state index contributed by atoms with van der Waals surface area (Å²) in [6.07, 6.45) is 5.39. The quantitative estimate of drug-likeness (QED) is 0.651. The Labute approximate surface area is 124 Å². The summed E-state index contributed by atoms with van der Waals surface area (Å²) in [6.45, 7) is 7.11. The lowest BCUT2D eigenvalue weighted by Crippen LogP contribution is -2.26. The fourth-order valence-electron chi connectivity index (χ4n) is 1.89. The fraction of sp³-hybridized carbons (Fsp3) is 0.625. The van der Waals surface area contributed by atoms with E-state index < -0.39 is 0 Å². The van der Waals surface area contributed by atoms with Crippen LogP contribution < -0.4 is 5.32 Å². The van der Waals surface area contributed by atoms with Crippen molar-refractivity contribution in [2.24, 2.45) is 0 Å². The van der Waals surface area contributed by atoms with E-state index in [9.17, 15) is 0 Å². The third-order valence-corrected chi connectivity index (χ3v) is 3.00. The van der Waals surface area contributed by atoms with E-state index in [0.29, 0.717) is 6.10 Å². The van der Waals surface area contributed by atoms with Crippen LogP contribution in [0.4, 0.5) is 0 Å². The molecule has 19 heavy (non-hydrogen) atoms. The largest absolute Gasteiger partial charge is 0.377 e. The van der Waals surface area contributed by atoms with Crippen LogP contribution in [0.5, 0.6) is 0 Å². The summed E-state index contributed by atoms with van der Waals surface area (Å²) in [4.78, 5) is 0. The molecule has 1 rings (SSSR count). The van der Waals surface area contributed by atoms with Gasteiger partial charge in [0.2, 0.25) is 0 Å². The van der Waals surface area contributed by atoms with Gasteiger partial charge in [0.15, 0.2) is 0 Å². The van der Waals surface area contributed by atoms with Crippen LogP contribution in [-0.2, 0) is 11.3 Å². The van der Waals surface area contributed by atoms with Gasteiger partial charge in [-0.2, -0.15) is 0 Å². The lowest BCUT2D eigenvalue weighted by atomic mass is 10.2. The van der Waals surface area contributed by atoms with Crippen LogP contribution in [0.1, 0.15) is 45.1 Å². The van der Waals surface area contributed by atoms with Gasteiger partial charge >= 0.3 is 0 Å². The number of ether oxygens (including phenoxy) is 1. The number of rotatable bonds is 10. The first-order valence-electron chi connectivity index (χ1n) is 7.19. The zero-order valence-corrected chi connectivity index (χ0v) is 13.0. The van der Waals surface area contributed by atoms with Crippen molar-refractivity contribution in [3.63, 3.8) is 0 Å². The monoisotopic (exact) mass is 285 g/mol. The molecular formula is C16H28ClNO. The van der Waals surface area contributed by atoms with Crippen molar-refractivity contribution >= 4 is 12.4 Å².